The second-order valence-corrected chi connectivity index (χ2v) is 3.08. The van der Waals surface area contributed by atoms with Gasteiger partial charge in [0, 0.05) is 6.61 Å². The Morgan fingerprint density at radius 1 is 0.917 bits per heavy atom. The third-order valence-electron chi connectivity index (χ3n) is 1.87. The Balaban J connectivity index is 2.73. The maximum absolute atomic E-state index is 9.98. The number of ether oxygens (including phenoxy) is 1. The van der Waals surface area contributed by atoms with Gasteiger partial charge in [0.25, 0.3) is 0 Å². The molecule has 0 N–H and O–H groups in total. The van der Waals surface area contributed by atoms with Gasteiger partial charge in [-0.1, -0.05) is 39.0 Å². The van der Waals surface area contributed by atoms with Crippen LogP contribution in [-0.4, -0.2) is 19.8 Å². The summed E-state index contributed by atoms with van der Waals surface area (Å²) in [4.78, 5) is 0. The minimum atomic E-state index is -0.101. The number of hydrogen-bond donors (Lipinski definition) is 0. The van der Waals surface area contributed by atoms with Crippen molar-refractivity contribution in [3.8, 4) is 0 Å². The Labute approximate surface area is 75.9 Å². The predicted octanol–water partition coefficient (Wildman–Crippen LogP) is 2.79. The first-order valence-corrected chi connectivity index (χ1v) is 5.07. The lowest BCUT2D eigenvalue weighted by Gasteiger charge is -2.01. The summed E-state index contributed by atoms with van der Waals surface area (Å²) in [7, 11) is 0. The zero-order valence-electron chi connectivity index (χ0n) is 8.18. The van der Waals surface area contributed by atoms with Gasteiger partial charge in [0.1, 0.15) is 6.61 Å². The fourth-order valence-corrected chi connectivity index (χ4v) is 1.15. The van der Waals surface area contributed by atoms with Gasteiger partial charge in [-0.25, -0.2) is 5.11 Å². The molecule has 0 aliphatic rings. The molecule has 0 atom stereocenters. The van der Waals surface area contributed by atoms with Crippen LogP contribution in [0.3, 0.4) is 0 Å². The lowest BCUT2D eigenvalue weighted by Crippen LogP contribution is -1.99. The van der Waals surface area contributed by atoms with Crippen LogP contribution < -0.4 is 0 Å². The molecule has 0 aliphatic heterocycles. The van der Waals surface area contributed by atoms with Gasteiger partial charge in [0.15, 0.2) is 0 Å². The molecular formula is C10H21O2. The Morgan fingerprint density at radius 2 is 1.58 bits per heavy atom. The van der Waals surface area contributed by atoms with Gasteiger partial charge in [-0.05, 0) is 6.42 Å². The highest BCUT2D eigenvalue weighted by atomic mass is 16.5. The quantitative estimate of drug-likeness (QED) is 0.493. The van der Waals surface area contributed by atoms with Crippen LogP contribution in [0, 0.1) is 0 Å². The van der Waals surface area contributed by atoms with E-state index >= 15 is 0 Å². The maximum atomic E-state index is 9.98. The Kier molecular flexibility index (Phi) is 10.8. The van der Waals surface area contributed by atoms with Crippen molar-refractivity contribution in [3.63, 3.8) is 0 Å². The van der Waals surface area contributed by atoms with Gasteiger partial charge in [0.2, 0.25) is 0 Å². The zero-order valence-corrected chi connectivity index (χ0v) is 8.18. The van der Waals surface area contributed by atoms with Crippen LogP contribution >= 0.6 is 0 Å². The highest BCUT2D eigenvalue weighted by Crippen LogP contribution is 2.04. The third kappa shape index (κ3) is 9.92. The first-order valence-electron chi connectivity index (χ1n) is 5.07. The van der Waals surface area contributed by atoms with Crippen molar-refractivity contribution < 1.29 is 9.84 Å². The van der Waals surface area contributed by atoms with Gasteiger partial charge < -0.3 is 4.74 Å². The molecule has 0 aromatic carbocycles. The Morgan fingerprint density at radius 3 is 2.25 bits per heavy atom. The summed E-state index contributed by atoms with van der Waals surface area (Å²) in [5.41, 5.74) is 0. The molecular weight excluding hydrogens is 152 g/mol. The molecule has 0 unspecified atom stereocenters. The lowest BCUT2D eigenvalue weighted by atomic mass is 10.1. The second-order valence-electron chi connectivity index (χ2n) is 3.08. The van der Waals surface area contributed by atoms with Crippen molar-refractivity contribution >= 4 is 0 Å². The van der Waals surface area contributed by atoms with Crippen LogP contribution in [-0.2, 0) is 9.84 Å². The van der Waals surface area contributed by atoms with Gasteiger partial charge >= 0.3 is 0 Å². The summed E-state index contributed by atoms with van der Waals surface area (Å²) in [6.07, 6.45) is 7.67. The van der Waals surface area contributed by atoms with E-state index in [1.54, 1.807) is 0 Å². The first kappa shape index (κ1) is 11.9. The van der Waals surface area contributed by atoms with Crippen LogP contribution in [0.25, 0.3) is 0 Å². The van der Waals surface area contributed by atoms with Crippen molar-refractivity contribution in [2.45, 2.75) is 45.4 Å². The molecule has 0 heterocycles. The SMILES string of the molecule is CCCCCCCCOCC[O]. The largest absolute Gasteiger partial charge is 0.379 e. The van der Waals surface area contributed by atoms with E-state index in [-0.39, 0.29) is 6.61 Å². The van der Waals surface area contributed by atoms with E-state index in [1.807, 2.05) is 0 Å². The number of rotatable bonds is 9. The Bertz CT molecular complexity index is 64.2. The predicted molar refractivity (Wildman–Crippen MR) is 49.7 cm³/mol. The monoisotopic (exact) mass is 173 g/mol. The zero-order chi connectivity index (χ0) is 9.07. The molecule has 0 fully saturated rings. The molecule has 0 spiro atoms. The van der Waals surface area contributed by atoms with Crippen molar-refractivity contribution in [2.24, 2.45) is 0 Å². The number of unbranched alkanes of at least 4 members (excludes halogenated alkanes) is 5. The van der Waals surface area contributed by atoms with Crippen LogP contribution in [0.5, 0.6) is 0 Å². The molecule has 0 saturated heterocycles. The third-order valence-corrected chi connectivity index (χ3v) is 1.87. The molecule has 2 nitrogen and oxygen atoms in total. The van der Waals surface area contributed by atoms with Gasteiger partial charge in [-0.3, -0.25) is 0 Å². The Hall–Kier alpha value is -0.0800. The molecule has 0 rings (SSSR count). The normalized spacial score (nSPS) is 10.5. The van der Waals surface area contributed by atoms with E-state index in [0.717, 1.165) is 13.0 Å². The average molecular weight is 173 g/mol. The van der Waals surface area contributed by atoms with Gasteiger partial charge in [-0.2, -0.15) is 0 Å². The smallest absolute Gasteiger partial charge is 0.106 e. The summed E-state index contributed by atoms with van der Waals surface area (Å²) in [5.74, 6) is 0. The van der Waals surface area contributed by atoms with E-state index in [4.69, 9.17) is 4.74 Å². The summed E-state index contributed by atoms with van der Waals surface area (Å²) in [6.45, 7) is 3.27. The summed E-state index contributed by atoms with van der Waals surface area (Å²) < 4.78 is 5.08. The van der Waals surface area contributed by atoms with Crippen molar-refractivity contribution in [1.29, 1.82) is 0 Å². The van der Waals surface area contributed by atoms with Crippen molar-refractivity contribution in [2.75, 3.05) is 19.8 Å². The van der Waals surface area contributed by atoms with Crippen LogP contribution in [0.15, 0.2) is 0 Å². The van der Waals surface area contributed by atoms with Crippen LogP contribution in [0.2, 0.25) is 0 Å². The molecule has 1 radical (unpaired) electrons. The van der Waals surface area contributed by atoms with E-state index < -0.39 is 0 Å². The average Bonchev–Trinajstić information content (AvgIpc) is 2.10. The topological polar surface area (TPSA) is 29.1 Å². The van der Waals surface area contributed by atoms with Crippen LogP contribution in [0.4, 0.5) is 0 Å². The van der Waals surface area contributed by atoms with Crippen molar-refractivity contribution in [1.82, 2.24) is 0 Å². The molecule has 0 aromatic heterocycles. The highest BCUT2D eigenvalue weighted by Gasteiger charge is 1.90. The van der Waals surface area contributed by atoms with Crippen LogP contribution in [0.1, 0.15) is 45.4 Å². The molecule has 0 saturated carbocycles. The van der Waals surface area contributed by atoms with Crippen molar-refractivity contribution in [3.05, 3.63) is 0 Å². The highest BCUT2D eigenvalue weighted by molar-refractivity contribution is 4.43. The molecule has 0 bridgehead atoms. The molecule has 12 heavy (non-hydrogen) atoms. The maximum Gasteiger partial charge on any atom is 0.106 e. The fourth-order valence-electron chi connectivity index (χ4n) is 1.15. The lowest BCUT2D eigenvalue weighted by molar-refractivity contribution is 0.0618. The molecule has 0 amide bonds. The fraction of sp³-hybridized carbons (Fsp3) is 1.00. The summed E-state index contributed by atoms with van der Waals surface area (Å²) >= 11 is 0. The van der Waals surface area contributed by atoms with E-state index in [2.05, 4.69) is 6.92 Å². The summed E-state index contributed by atoms with van der Waals surface area (Å²) in [5, 5.41) is 9.98. The van der Waals surface area contributed by atoms with Gasteiger partial charge in [0.05, 0.1) is 6.61 Å². The molecule has 0 aromatic rings. The second kappa shape index (κ2) is 10.9. The first-order chi connectivity index (χ1) is 5.91. The molecule has 73 valence electrons. The molecule has 2 heteroatoms. The van der Waals surface area contributed by atoms with E-state index in [9.17, 15) is 5.11 Å². The standard InChI is InChI=1S/C10H21O2/c1-2-3-4-5-6-7-9-12-10-8-11/h2-10H2,1H3. The minimum Gasteiger partial charge on any atom is -0.379 e. The summed E-state index contributed by atoms with van der Waals surface area (Å²) in [6, 6.07) is 0. The minimum absolute atomic E-state index is 0.101. The van der Waals surface area contributed by atoms with E-state index in [1.165, 1.54) is 32.1 Å². The number of hydrogen-bond acceptors (Lipinski definition) is 1. The van der Waals surface area contributed by atoms with Gasteiger partial charge in [-0.15, -0.1) is 0 Å². The van der Waals surface area contributed by atoms with E-state index in [0.29, 0.717) is 6.61 Å². The molecule has 0 aliphatic carbocycles.